The lowest BCUT2D eigenvalue weighted by molar-refractivity contribution is 0.0893. The van der Waals surface area contributed by atoms with Crippen LogP contribution in [0.4, 0.5) is 0 Å². The standard InChI is InChI=1S/C14H13ClO3/c1-2-10-8-11(5-6-12(10)15)18-9-13(16)14-4-3-7-17-14/h3-8H,2,9H2,1H3. The predicted molar refractivity (Wildman–Crippen MR) is 69.4 cm³/mol. The molecule has 0 radical (unpaired) electrons. The highest BCUT2D eigenvalue weighted by Gasteiger charge is 2.10. The fraction of sp³-hybridized carbons (Fsp3) is 0.214. The number of ketones is 1. The van der Waals surface area contributed by atoms with Crippen LogP contribution in [0.25, 0.3) is 0 Å². The Morgan fingerprint density at radius 3 is 2.89 bits per heavy atom. The molecule has 0 N–H and O–H groups in total. The van der Waals surface area contributed by atoms with E-state index in [1.54, 1.807) is 24.3 Å². The minimum atomic E-state index is -0.187. The van der Waals surface area contributed by atoms with Crippen molar-refractivity contribution in [2.45, 2.75) is 13.3 Å². The molecule has 0 spiro atoms. The third kappa shape index (κ3) is 2.93. The largest absolute Gasteiger partial charge is 0.485 e. The zero-order valence-corrected chi connectivity index (χ0v) is 10.7. The zero-order valence-electron chi connectivity index (χ0n) is 9.98. The van der Waals surface area contributed by atoms with Gasteiger partial charge in [0.1, 0.15) is 5.75 Å². The normalized spacial score (nSPS) is 10.3. The Balaban J connectivity index is 2.00. The Bertz CT molecular complexity index is 532. The van der Waals surface area contributed by atoms with Crippen molar-refractivity contribution in [3.8, 4) is 5.75 Å². The van der Waals surface area contributed by atoms with E-state index in [4.69, 9.17) is 20.8 Å². The zero-order chi connectivity index (χ0) is 13.0. The minimum absolute atomic E-state index is 0.0434. The highest BCUT2D eigenvalue weighted by molar-refractivity contribution is 6.31. The first-order valence-electron chi connectivity index (χ1n) is 5.68. The molecule has 0 aliphatic rings. The van der Waals surface area contributed by atoms with Gasteiger partial charge in [0.25, 0.3) is 0 Å². The molecule has 0 bridgehead atoms. The van der Waals surface area contributed by atoms with E-state index in [0.717, 1.165) is 12.0 Å². The molecule has 0 amide bonds. The van der Waals surface area contributed by atoms with E-state index in [2.05, 4.69) is 0 Å². The Morgan fingerprint density at radius 1 is 1.39 bits per heavy atom. The van der Waals surface area contributed by atoms with Crippen LogP contribution in [0.3, 0.4) is 0 Å². The number of carbonyl (C=O) groups excluding carboxylic acids is 1. The molecule has 94 valence electrons. The second-order valence-electron chi connectivity index (χ2n) is 3.80. The van der Waals surface area contributed by atoms with Gasteiger partial charge < -0.3 is 9.15 Å². The highest BCUT2D eigenvalue weighted by Crippen LogP contribution is 2.22. The Hall–Kier alpha value is -1.74. The van der Waals surface area contributed by atoms with E-state index in [0.29, 0.717) is 16.5 Å². The molecule has 1 aromatic carbocycles. The minimum Gasteiger partial charge on any atom is -0.485 e. The molecule has 4 heteroatoms. The topological polar surface area (TPSA) is 39.4 Å². The molecule has 3 nitrogen and oxygen atoms in total. The lowest BCUT2D eigenvalue weighted by Gasteiger charge is -2.07. The summed E-state index contributed by atoms with van der Waals surface area (Å²) >= 11 is 6.00. The first kappa shape index (κ1) is 12.7. The molecule has 0 saturated carbocycles. The molecular formula is C14H13ClO3. The summed E-state index contributed by atoms with van der Waals surface area (Å²) < 4.78 is 10.4. The van der Waals surface area contributed by atoms with Crippen LogP contribution in [0.5, 0.6) is 5.75 Å². The molecule has 0 atom stereocenters. The van der Waals surface area contributed by atoms with E-state index < -0.39 is 0 Å². The van der Waals surface area contributed by atoms with Crippen LogP contribution < -0.4 is 4.74 Å². The number of carbonyl (C=O) groups is 1. The molecule has 1 heterocycles. The van der Waals surface area contributed by atoms with E-state index in [-0.39, 0.29) is 12.4 Å². The fourth-order valence-corrected chi connectivity index (χ4v) is 1.82. The Kier molecular flexibility index (Phi) is 4.05. The third-order valence-corrected chi connectivity index (χ3v) is 2.93. The first-order chi connectivity index (χ1) is 8.70. The van der Waals surface area contributed by atoms with Gasteiger partial charge in [-0.15, -0.1) is 0 Å². The van der Waals surface area contributed by atoms with Crippen molar-refractivity contribution in [1.82, 2.24) is 0 Å². The third-order valence-electron chi connectivity index (χ3n) is 2.56. The van der Waals surface area contributed by atoms with Gasteiger partial charge >= 0.3 is 0 Å². The molecule has 0 aliphatic heterocycles. The predicted octanol–water partition coefficient (Wildman–Crippen LogP) is 3.76. The summed E-state index contributed by atoms with van der Waals surface area (Å²) in [6, 6.07) is 8.65. The Morgan fingerprint density at radius 2 is 2.22 bits per heavy atom. The summed E-state index contributed by atoms with van der Waals surface area (Å²) in [6.07, 6.45) is 2.28. The Labute approximate surface area is 110 Å². The first-order valence-corrected chi connectivity index (χ1v) is 6.06. The number of aryl methyl sites for hydroxylation is 1. The second-order valence-corrected chi connectivity index (χ2v) is 4.20. The summed E-state index contributed by atoms with van der Waals surface area (Å²) in [6.45, 7) is 1.97. The average Bonchev–Trinajstić information content (AvgIpc) is 2.91. The van der Waals surface area contributed by atoms with Gasteiger partial charge in [0, 0.05) is 5.02 Å². The molecule has 2 aromatic rings. The summed E-state index contributed by atoms with van der Waals surface area (Å²) in [7, 11) is 0. The van der Waals surface area contributed by atoms with Crippen LogP contribution in [-0.2, 0) is 6.42 Å². The van der Waals surface area contributed by atoms with E-state index >= 15 is 0 Å². The van der Waals surface area contributed by atoms with E-state index in [1.165, 1.54) is 6.26 Å². The quantitative estimate of drug-likeness (QED) is 0.772. The monoisotopic (exact) mass is 264 g/mol. The summed E-state index contributed by atoms with van der Waals surface area (Å²) in [5.74, 6) is 0.754. The van der Waals surface area contributed by atoms with Crippen molar-refractivity contribution < 1.29 is 13.9 Å². The van der Waals surface area contributed by atoms with Crippen LogP contribution in [0.2, 0.25) is 5.02 Å². The molecule has 0 aliphatic carbocycles. The number of hydrogen-bond donors (Lipinski definition) is 0. The molecule has 0 saturated heterocycles. The molecular weight excluding hydrogens is 252 g/mol. The lowest BCUT2D eigenvalue weighted by atomic mass is 10.1. The van der Waals surface area contributed by atoms with Gasteiger partial charge in [-0.1, -0.05) is 18.5 Å². The van der Waals surface area contributed by atoms with Crippen molar-refractivity contribution in [1.29, 1.82) is 0 Å². The van der Waals surface area contributed by atoms with Crippen LogP contribution >= 0.6 is 11.6 Å². The molecule has 1 aromatic heterocycles. The maximum Gasteiger partial charge on any atom is 0.235 e. The van der Waals surface area contributed by atoms with Gasteiger partial charge in [-0.05, 0) is 42.3 Å². The summed E-state index contributed by atoms with van der Waals surface area (Å²) in [5.41, 5.74) is 1.000. The molecule has 0 unspecified atom stereocenters. The number of furan rings is 1. The maximum absolute atomic E-state index is 11.7. The summed E-state index contributed by atoms with van der Waals surface area (Å²) in [5, 5.41) is 0.710. The molecule has 18 heavy (non-hydrogen) atoms. The molecule has 0 fully saturated rings. The van der Waals surface area contributed by atoms with E-state index in [9.17, 15) is 4.79 Å². The number of benzene rings is 1. The maximum atomic E-state index is 11.7. The van der Waals surface area contributed by atoms with Gasteiger partial charge in [-0.3, -0.25) is 4.79 Å². The number of rotatable bonds is 5. The van der Waals surface area contributed by atoms with E-state index in [1.807, 2.05) is 13.0 Å². The SMILES string of the molecule is CCc1cc(OCC(=O)c2ccco2)ccc1Cl. The highest BCUT2D eigenvalue weighted by atomic mass is 35.5. The van der Waals surface area contributed by atoms with Crippen molar-refractivity contribution in [2.75, 3.05) is 6.61 Å². The van der Waals surface area contributed by atoms with Gasteiger partial charge in [-0.2, -0.15) is 0 Å². The second kappa shape index (κ2) is 5.74. The smallest absolute Gasteiger partial charge is 0.235 e. The van der Waals surface area contributed by atoms with Gasteiger partial charge in [-0.25, -0.2) is 0 Å². The number of Topliss-reactive ketones (excluding diaryl/α,β-unsaturated/α-hetero) is 1. The van der Waals surface area contributed by atoms with Crippen molar-refractivity contribution in [2.24, 2.45) is 0 Å². The molecule has 2 rings (SSSR count). The van der Waals surface area contributed by atoms with Crippen molar-refractivity contribution >= 4 is 17.4 Å². The van der Waals surface area contributed by atoms with Gasteiger partial charge in [0.15, 0.2) is 12.4 Å². The fourth-order valence-electron chi connectivity index (χ4n) is 1.57. The van der Waals surface area contributed by atoms with Crippen molar-refractivity contribution in [3.05, 3.63) is 52.9 Å². The lowest BCUT2D eigenvalue weighted by Crippen LogP contribution is -2.10. The van der Waals surface area contributed by atoms with Crippen molar-refractivity contribution in [3.63, 3.8) is 0 Å². The number of ether oxygens (including phenoxy) is 1. The summed E-state index contributed by atoms with van der Waals surface area (Å²) in [4.78, 5) is 11.7. The van der Waals surface area contributed by atoms with Crippen LogP contribution in [0.15, 0.2) is 41.0 Å². The van der Waals surface area contributed by atoms with Crippen LogP contribution in [0, 0.1) is 0 Å². The van der Waals surface area contributed by atoms with Crippen LogP contribution in [0.1, 0.15) is 23.0 Å². The number of halogens is 1. The van der Waals surface area contributed by atoms with Crippen LogP contribution in [-0.4, -0.2) is 12.4 Å². The average molecular weight is 265 g/mol. The van der Waals surface area contributed by atoms with Gasteiger partial charge in [0.05, 0.1) is 6.26 Å². The van der Waals surface area contributed by atoms with Gasteiger partial charge in [0.2, 0.25) is 5.78 Å². The number of hydrogen-bond acceptors (Lipinski definition) is 3.